The van der Waals surface area contributed by atoms with Gasteiger partial charge in [0, 0.05) is 17.7 Å². The zero-order chi connectivity index (χ0) is 22.6. The lowest BCUT2D eigenvalue weighted by atomic mass is 10.1. The predicted molar refractivity (Wildman–Crippen MR) is 121 cm³/mol. The van der Waals surface area contributed by atoms with Crippen molar-refractivity contribution in [1.29, 1.82) is 0 Å². The second kappa shape index (κ2) is 9.17. The van der Waals surface area contributed by atoms with Crippen LogP contribution < -0.4 is 10.5 Å². The highest BCUT2D eigenvalue weighted by atomic mass is 32.2. The molecule has 0 atom stereocenters. The van der Waals surface area contributed by atoms with Gasteiger partial charge in [-0.1, -0.05) is 54.6 Å². The Morgan fingerprint density at radius 3 is 2.34 bits per heavy atom. The van der Waals surface area contributed by atoms with Crippen LogP contribution >= 0.6 is 0 Å². The second-order valence-electron chi connectivity index (χ2n) is 7.14. The van der Waals surface area contributed by atoms with Gasteiger partial charge in [0.15, 0.2) is 5.76 Å². The van der Waals surface area contributed by atoms with Gasteiger partial charge in [-0.05, 0) is 36.2 Å². The van der Waals surface area contributed by atoms with Gasteiger partial charge in [-0.15, -0.1) is 0 Å². The molecule has 4 aromatic rings. The molecule has 0 aliphatic heterocycles. The molecule has 1 aromatic heterocycles. The fourth-order valence-electron chi connectivity index (χ4n) is 3.26. The third-order valence-electron chi connectivity index (χ3n) is 4.92. The number of rotatable bonds is 7. The summed E-state index contributed by atoms with van der Waals surface area (Å²) in [7, 11) is -3.72. The van der Waals surface area contributed by atoms with E-state index in [1.54, 1.807) is 36.5 Å². The molecule has 8 heteroatoms. The molecule has 3 aromatic carbocycles. The van der Waals surface area contributed by atoms with Crippen molar-refractivity contribution in [1.82, 2.24) is 10.3 Å². The van der Waals surface area contributed by atoms with E-state index in [4.69, 9.17) is 9.56 Å². The number of primary sulfonamides is 1. The lowest BCUT2D eigenvalue weighted by Gasteiger charge is -2.09. The molecule has 0 saturated heterocycles. The van der Waals surface area contributed by atoms with Crippen LogP contribution in [0.5, 0.6) is 0 Å². The fourth-order valence-corrected chi connectivity index (χ4v) is 3.78. The highest BCUT2D eigenvalue weighted by Gasteiger charge is 2.16. The largest absolute Gasteiger partial charge is 0.436 e. The quantitative estimate of drug-likeness (QED) is 0.449. The number of benzene rings is 3. The zero-order valence-corrected chi connectivity index (χ0v) is 17.9. The fraction of sp³-hybridized carbons (Fsp3) is 0.0833. The van der Waals surface area contributed by atoms with Gasteiger partial charge in [0.1, 0.15) is 0 Å². The van der Waals surface area contributed by atoms with Gasteiger partial charge < -0.3 is 9.73 Å². The Balaban J connectivity index is 1.45. The summed E-state index contributed by atoms with van der Waals surface area (Å²) in [5.74, 6) is 0.744. The van der Waals surface area contributed by atoms with Gasteiger partial charge in [0.25, 0.3) is 5.91 Å². The van der Waals surface area contributed by atoms with Crippen LogP contribution in [0.3, 0.4) is 0 Å². The highest BCUT2D eigenvalue weighted by molar-refractivity contribution is 7.89. The molecule has 0 unspecified atom stereocenters. The van der Waals surface area contributed by atoms with Gasteiger partial charge in [-0.3, -0.25) is 4.79 Å². The monoisotopic (exact) mass is 447 g/mol. The maximum absolute atomic E-state index is 12.8. The van der Waals surface area contributed by atoms with Crippen LogP contribution in [0, 0.1) is 0 Å². The summed E-state index contributed by atoms with van der Waals surface area (Å²) in [5.41, 5.74) is 2.84. The predicted octanol–water partition coefficient (Wildman–Crippen LogP) is 3.63. The molecule has 3 N–H and O–H groups in total. The van der Waals surface area contributed by atoms with Gasteiger partial charge in [0.05, 0.1) is 16.7 Å². The first kappa shape index (κ1) is 21.5. The summed E-state index contributed by atoms with van der Waals surface area (Å²) in [6.45, 7) is 0.378. The molecule has 32 heavy (non-hydrogen) atoms. The number of nitrogens with zero attached hydrogens (tertiary/aromatic N) is 1. The summed E-state index contributed by atoms with van der Waals surface area (Å²) < 4.78 is 28.6. The lowest BCUT2D eigenvalue weighted by Crippen LogP contribution is -2.26. The lowest BCUT2D eigenvalue weighted by molar-refractivity contribution is 0.0954. The van der Waals surface area contributed by atoms with Gasteiger partial charge in [-0.25, -0.2) is 18.5 Å². The van der Waals surface area contributed by atoms with E-state index in [1.165, 1.54) is 12.1 Å². The molecule has 7 nitrogen and oxygen atoms in total. The third kappa shape index (κ3) is 4.93. The maximum atomic E-state index is 12.8. The molecule has 0 radical (unpaired) electrons. The standard InChI is InChI=1S/C24H21N3O4S/c25-32(29,30)19-12-10-17(11-13-19)14-15-26-23(28)20-8-4-5-9-21(20)24-27-16-22(31-24)18-6-2-1-3-7-18/h1-13,16H,14-15H2,(H,26,28)(H2,25,29,30). The van der Waals surface area contributed by atoms with E-state index < -0.39 is 10.0 Å². The average molecular weight is 448 g/mol. The first-order chi connectivity index (χ1) is 15.4. The van der Waals surface area contributed by atoms with Crippen molar-refractivity contribution >= 4 is 15.9 Å². The van der Waals surface area contributed by atoms with Crippen LogP contribution in [0.15, 0.2) is 94.4 Å². The summed E-state index contributed by atoms with van der Waals surface area (Å²) in [6, 6.07) is 23.0. The van der Waals surface area contributed by atoms with E-state index >= 15 is 0 Å². The summed E-state index contributed by atoms with van der Waals surface area (Å²) in [4.78, 5) is 17.2. The molecule has 1 heterocycles. The summed E-state index contributed by atoms with van der Waals surface area (Å²) in [6.07, 6.45) is 2.18. The molecule has 0 fully saturated rings. The molecule has 0 saturated carbocycles. The van der Waals surface area contributed by atoms with Crippen LogP contribution in [0.4, 0.5) is 0 Å². The molecule has 0 bridgehead atoms. The average Bonchev–Trinajstić information content (AvgIpc) is 3.30. The minimum Gasteiger partial charge on any atom is -0.436 e. The van der Waals surface area contributed by atoms with Crippen LogP contribution in [0.2, 0.25) is 0 Å². The van der Waals surface area contributed by atoms with E-state index in [-0.39, 0.29) is 10.8 Å². The number of amides is 1. The Hall–Kier alpha value is -3.75. The number of carbonyl (C=O) groups is 1. The number of nitrogens with one attached hydrogen (secondary N) is 1. The second-order valence-corrected chi connectivity index (χ2v) is 8.70. The van der Waals surface area contributed by atoms with E-state index in [0.29, 0.717) is 35.7 Å². The van der Waals surface area contributed by atoms with E-state index in [9.17, 15) is 13.2 Å². The minimum atomic E-state index is -3.72. The Labute approximate surface area is 186 Å². The van der Waals surface area contributed by atoms with Crippen molar-refractivity contribution in [2.75, 3.05) is 6.54 Å². The van der Waals surface area contributed by atoms with Crippen LogP contribution in [-0.2, 0) is 16.4 Å². The Kier molecular flexibility index (Phi) is 6.16. The van der Waals surface area contributed by atoms with Crippen molar-refractivity contribution in [3.05, 3.63) is 96.2 Å². The SMILES string of the molecule is NS(=O)(=O)c1ccc(CCNC(=O)c2ccccc2-c2ncc(-c3ccccc3)o2)cc1. The minimum absolute atomic E-state index is 0.0556. The first-order valence-electron chi connectivity index (χ1n) is 9.92. The van der Waals surface area contributed by atoms with Crippen molar-refractivity contribution < 1.29 is 17.6 Å². The van der Waals surface area contributed by atoms with Crippen molar-refractivity contribution in [3.8, 4) is 22.8 Å². The highest BCUT2D eigenvalue weighted by Crippen LogP contribution is 2.28. The van der Waals surface area contributed by atoms with Crippen molar-refractivity contribution in [3.63, 3.8) is 0 Å². The number of hydrogen-bond acceptors (Lipinski definition) is 5. The number of oxazole rings is 1. The normalized spacial score (nSPS) is 11.3. The van der Waals surface area contributed by atoms with Gasteiger partial charge >= 0.3 is 0 Å². The Morgan fingerprint density at radius 1 is 0.938 bits per heavy atom. The number of sulfonamides is 1. The molecule has 0 aliphatic rings. The van der Waals surface area contributed by atoms with E-state index in [2.05, 4.69) is 10.3 Å². The molecular formula is C24H21N3O4S. The van der Waals surface area contributed by atoms with Gasteiger partial charge in [-0.2, -0.15) is 0 Å². The summed E-state index contributed by atoms with van der Waals surface area (Å²) in [5, 5.41) is 8.00. The number of aromatic nitrogens is 1. The maximum Gasteiger partial charge on any atom is 0.252 e. The number of hydrogen-bond donors (Lipinski definition) is 2. The first-order valence-corrected chi connectivity index (χ1v) is 11.5. The van der Waals surface area contributed by atoms with Crippen LogP contribution in [0.1, 0.15) is 15.9 Å². The Bertz CT molecular complexity index is 1330. The number of carbonyl (C=O) groups excluding carboxylic acids is 1. The van der Waals surface area contributed by atoms with Crippen molar-refractivity contribution in [2.24, 2.45) is 5.14 Å². The summed E-state index contributed by atoms with van der Waals surface area (Å²) >= 11 is 0. The molecule has 0 spiro atoms. The van der Waals surface area contributed by atoms with Crippen LogP contribution in [0.25, 0.3) is 22.8 Å². The van der Waals surface area contributed by atoms with Gasteiger partial charge in [0.2, 0.25) is 15.9 Å². The molecule has 1 amide bonds. The van der Waals surface area contributed by atoms with E-state index in [1.807, 2.05) is 36.4 Å². The Morgan fingerprint density at radius 2 is 1.62 bits per heavy atom. The molecule has 162 valence electrons. The topological polar surface area (TPSA) is 115 Å². The van der Waals surface area contributed by atoms with Crippen molar-refractivity contribution in [2.45, 2.75) is 11.3 Å². The molecule has 4 rings (SSSR count). The third-order valence-corrected chi connectivity index (χ3v) is 5.85. The van der Waals surface area contributed by atoms with E-state index in [0.717, 1.165) is 11.1 Å². The smallest absolute Gasteiger partial charge is 0.252 e. The van der Waals surface area contributed by atoms with Crippen LogP contribution in [-0.4, -0.2) is 25.9 Å². The zero-order valence-electron chi connectivity index (χ0n) is 17.1. The number of nitrogens with two attached hydrogens (primary N) is 1. The molecule has 0 aliphatic carbocycles. The molecular weight excluding hydrogens is 426 g/mol.